The number of rotatable bonds is 6. The van der Waals surface area contributed by atoms with Crippen molar-refractivity contribution in [3.8, 4) is 0 Å². The van der Waals surface area contributed by atoms with Gasteiger partial charge in [0.1, 0.15) is 5.56 Å². The second kappa shape index (κ2) is 9.52. The van der Waals surface area contributed by atoms with Crippen molar-refractivity contribution in [3.05, 3.63) is 40.3 Å². The Morgan fingerprint density at radius 3 is 2.44 bits per heavy atom. The third-order valence-corrected chi connectivity index (χ3v) is 5.86. The number of nitrogens with zero attached hydrogens (tertiary/aromatic N) is 6. The number of piperazine rings is 1. The highest BCUT2D eigenvalue weighted by Gasteiger charge is 2.39. The second-order valence-corrected chi connectivity index (χ2v) is 8.46. The molecular formula is C20H24F4N8O2. The summed E-state index contributed by atoms with van der Waals surface area (Å²) in [4.78, 5) is 37.9. The molecule has 0 bridgehead atoms. The highest BCUT2D eigenvalue weighted by molar-refractivity contribution is 5.80. The van der Waals surface area contributed by atoms with Crippen molar-refractivity contribution in [3.63, 3.8) is 0 Å². The molecule has 1 unspecified atom stereocenters. The zero-order valence-corrected chi connectivity index (χ0v) is 18.3. The van der Waals surface area contributed by atoms with E-state index in [0.29, 0.717) is 51.8 Å². The van der Waals surface area contributed by atoms with E-state index in [1.807, 2.05) is 9.80 Å². The molecule has 2 aliphatic heterocycles. The average Bonchev–Trinajstić information content (AvgIpc) is 2.75. The maximum absolute atomic E-state index is 13.2. The van der Waals surface area contributed by atoms with Gasteiger partial charge in [0.05, 0.1) is 30.2 Å². The van der Waals surface area contributed by atoms with Gasteiger partial charge in [0.2, 0.25) is 11.9 Å². The van der Waals surface area contributed by atoms with Gasteiger partial charge in [0.25, 0.3) is 5.56 Å². The standard InChI is InChI=1S/C20H24F4N8O2/c1-12(28-15-8-27-29-17(33)16(15)20(22,23)24)9-30-10-13(11-30)18(34)31-2-4-32(5-3-31)19-25-6-14(21)7-26-19/h6-8,12-13H,2-5,9-11H2,1H3,(H2,28,29,33). The van der Waals surface area contributed by atoms with Crippen LogP contribution in [0.1, 0.15) is 12.5 Å². The summed E-state index contributed by atoms with van der Waals surface area (Å²) in [6.45, 7) is 5.21. The molecule has 2 fully saturated rings. The first-order valence-corrected chi connectivity index (χ1v) is 10.8. The van der Waals surface area contributed by atoms with E-state index in [1.165, 1.54) is 0 Å². The minimum Gasteiger partial charge on any atom is -0.379 e. The van der Waals surface area contributed by atoms with E-state index in [0.717, 1.165) is 18.6 Å². The summed E-state index contributed by atoms with van der Waals surface area (Å²) in [5.74, 6) is -0.219. The number of hydrogen-bond donors (Lipinski definition) is 2. The molecule has 14 heteroatoms. The molecule has 2 aliphatic rings. The number of halogens is 4. The summed E-state index contributed by atoms with van der Waals surface area (Å²) in [5.41, 5.74) is -2.98. The Hall–Kier alpha value is -3.29. The number of amides is 1. The van der Waals surface area contributed by atoms with Crippen LogP contribution in [0.5, 0.6) is 0 Å². The molecule has 2 saturated heterocycles. The lowest BCUT2D eigenvalue weighted by atomic mass is 9.97. The van der Waals surface area contributed by atoms with Crippen molar-refractivity contribution in [2.24, 2.45) is 5.92 Å². The average molecular weight is 484 g/mol. The first kappa shape index (κ1) is 23.9. The lowest BCUT2D eigenvalue weighted by Gasteiger charge is -2.43. The Balaban J connectivity index is 1.23. The van der Waals surface area contributed by atoms with E-state index >= 15 is 0 Å². The molecule has 0 aliphatic carbocycles. The van der Waals surface area contributed by atoms with Gasteiger partial charge in [-0.25, -0.2) is 19.5 Å². The van der Waals surface area contributed by atoms with Crippen LogP contribution in [-0.4, -0.2) is 87.7 Å². The zero-order chi connectivity index (χ0) is 24.5. The van der Waals surface area contributed by atoms with Gasteiger partial charge in [-0.2, -0.15) is 18.3 Å². The summed E-state index contributed by atoms with van der Waals surface area (Å²) < 4.78 is 52.6. The van der Waals surface area contributed by atoms with Gasteiger partial charge in [0, 0.05) is 51.9 Å². The molecule has 4 rings (SSSR count). The molecule has 0 radical (unpaired) electrons. The Labute approximate surface area is 192 Å². The van der Waals surface area contributed by atoms with Gasteiger partial charge in [-0.1, -0.05) is 0 Å². The highest BCUT2D eigenvalue weighted by atomic mass is 19.4. The van der Waals surface area contributed by atoms with E-state index in [2.05, 4.69) is 20.4 Å². The van der Waals surface area contributed by atoms with Crippen LogP contribution in [0.2, 0.25) is 0 Å². The Morgan fingerprint density at radius 2 is 1.82 bits per heavy atom. The first-order valence-electron chi connectivity index (χ1n) is 10.8. The first-order chi connectivity index (χ1) is 16.1. The minimum atomic E-state index is -4.81. The second-order valence-electron chi connectivity index (χ2n) is 8.46. The number of carbonyl (C=O) groups is 1. The van der Waals surface area contributed by atoms with Gasteiger partial charge >= 0.3 is 6.18 Å². The molecule has 184 valence electrons. The quantitative estimate of drug-likeness (QED) is 0.580. The predicted octanol–water partition coefficient (Wildman–Crippen LogP) is 0.799. The zero-order valence-electron chi connectivity index (χ0n) is 18.3. The van der Waals surface area contributed by atoms with Crippen LogP contribution >= 0.6 is 0 Å². The van der Waals surface area contributed by atoms with E-state index in [9.17, 15) is 27.2 Å². The molecular weight excluding hydrogens is 460 g/mol. The van der Waals surface area contributed by atoms with Gasteiger partial charge in [-0.05, 0) is 6.92 Å². The van der Waals surface area contributed by atoms with Crippen molar-refractivity contribution in [2.75, 3.05) is 56.0 Å². The number of hydrogen-bond acceptors (Lipinski definition) is 8. The summed E-state index contributed by atoms with van der Waals surface area (Å²) >= 11 is 0. The molecule has 2 aromatic heterocycles. The molecule has 2 aromatic rings. The smallest absolute Gasteiger partial charge is 0.379 e. The highest BCUT2D eigenvalue weighted by Crippen LogP contribution is 2.31. The van der Waals surface area contributed by atoms with E-state index in [-0.39, 0.29) is 17.5 Å². The van der Waals surface area contributed by atoms with Gasteiger partial charge < -0.3 is 15.1 Å². The maximum Gasteiger partial charge on any atom is 0.423 e. The third-order valence-electron chi connectivity index (χ3n) is 5.86. The van der Waals surface area contributed by atoms with Crippen molar-refractivity contribution in [1.29, 1.82) is 0 Å². The molecule has 10 nitrogen and oxygen atoms in total. The number of H-pyrrole nitrogens is 1. The molecule has 0 spiro atoms. The molecule has 1 amide bonds. The van der Waals surface area contributed by atoms with Crippen molar-refractivity contribution < 1.29 is 22.4 Å². The molecule has 0 aromatic carbocycles. The van der Waals surface area contributed by atoms with Crippen LogP contribution in [0.25, 0.3) is 0 Å². The topological polar surface area (TPSA) is 110 Å². The predicted molar refractivity (Wildman–Crippen MR) is 114 cm³/mol. The van der Waals surface area contributed by atoms with Gasteiger partial charge in [-0.3, -0.25) is 14.5 Å². The van der Waals surface area contributed by atoms with E-state index in [1.54, 1.807) is 16.9 Å². The molecule has 2 N–H and O–H groups in total. The summed E-state index contributed by atoms with van der Waals surface area (Å²) in [6, 6.07) is -0.403. The van der Waals surface area contributed by atoms with Gasteiger partial charge in [0.15, 0.2) is 5.82 Å². The van der Waals surface area contributed by atoms with E-state index < -0.39 is 29.2 Å². The fraction of sp³-hybridized carbons (Fsp3) is 0.550. The number of nitrogens with one attached hydrogen (secondary N) is 2. The lowest BCUT2D eigenvalue weighted by molar-refractivity contribution is -0.141. The SMILES string of the molecule is CC(CN1CC(C(=O)N2CCN(c3ncc(F)cn3)CC2)C1)Nc1cn[nH]c(=O)c1C(F)(F)F. The van der Waals surface area contributed by atoms with Crippen LogP contribution in [0, 0.1) is 11.7 Å². The summed E-state index contributed by atoms with van der Waals surface area (Å²) in [5, 5.41) is 7.96. The fourth-order valence-corrected chi connectivity index (χ4v) is 4.22. The third kappa shape index (κ3) is 5.26. The van der Waals surface area contributed by atoms with Crippen LogP contribution in [0.4, 0.5) is 29.2 Å². The van der Waals surface area contributed by atoms with Crippen molar-refractivity contribution >= 4 is 17.5 Å². The van der Waals surface area contributed by atoms with Crippen molar-refractivity contribution in [1.82, 2.24) is 30.0 Å². The Kier molecular flexibility index (Phi) is 6.68. The molecule has 0 saturated carbocycles. The number of carbonyl (C=O) groups excluding carboxylic acids is 1. The molecule has 1 atom stereocenters. The van der Waals surface area contributed by atoms with Crippen molar-refractivity contribution in [2.45, 2.75) is 19.1 Å². The van der Waals surface area contributed by atoms with Crippen LogP contribution in [-0.2, 0) is 11.0 Å². The Morgan fingerprint density at radius 1 is 1.18 bits per heavy atom. The fourth-order valence-electron chi connectivity index (χ4n) is 4.22. The number of anilines is 2. The molecule has 34 heavy (non-hydrogen) atoms. The Bertz CT molecular complexity index is 1060. The monoisotopic (exact) mass is 484 g/mol. The number of alkyl halides is 3. The normalized spacial score (nSPS) is 18.5. The summed E-state index contributed by atoms with van der Waals surface area (Å²) in [7, 11) is 0. The largest absolute Gasteiger partial charge is 0.423 e. The number of likely N-dealkylation sites (tertiary alicyclic amines) is 1. The van der Waals surface area contributed by atoms with Gasteiger partial charge in [-0.15, -0.1) is 0 Å². The van der Waals surface area contributed by atoms with E-state index in [4.69, 9.17) is 0 Å². The maximum atomic E-state index is 13.2. The van der Waals surface area contributed by atoms with Crippen LogP contribution < -0.4 is 15.8 Å². The minimum absolute atomic E-state index is 0.0367. The number of aromatic nitrogens is 4. The molecule has 4 heterocycles. The van der Waals surface area contributed by atoms with Crippen LogP contribution in [0.15, 0.2) is 23.4 Å². The summed E-state index contributed by atoms with van der Waals surface area (Å²) in [6.07, 6.45) is -1.65. The lowest BCUT2D eigenvalue weighted by Crippen LogP contribution is -2.59. The number of aromatic amines is 1. The van der Waals surface area contributed by atoms with Crippen LogP contribution in [0.3, 0.4) is 0 Å².